The normalized spacial score (nSPS) is 22.6. The highest BCUT2D eigenvalue weighted by atomic mass is 35.5. The molecule has 9 nitrogen and oxygen atoms in total. The number of nitrogens with zero attached hydrogens (tertiary/aromatic N) is 4. The Morgan fingerprint density at radius 1 is 1.00 bits per heavy atom. The molecule has 3 saturated heterocycles. The molecular weight excluding hydrogens is 644 g/mol. The number of fused-ring (bicyclic) bond motifs is 2. The summed E-state index contributed by atoms with van der Waals surface area (Å²) in [6, 6.07) is 7.51. The second-order valence-corrected chi connectivity index (χ2v) is 13.9. The van der Waals surface area contributed by atoms with Crippen molar-refractivity contribution in [2.24, 2.45) is 0 Å². The molecule has 1 aromatic carbocycles. The molecule has 3 aliphatic heterocycles. The maximum absolute atomic E-state index is 12.5. The van der Waals surface area contributed by atoms with Crippen molar-refractivity contribution < 1.29 is 27.4 Å². The number of aromatic nitrogens is 1. The van der Waals surface area contributed by atoms with Gasteiger partial charge in [-0.3, -0.25) is 9.69 Å². The highest BCUT2D eigenvalue weighted by Gasteiger charge is 2.42. The van der Waals surface area contributed by atoms with Crippen LogP contribution in [0.5, 0.6) is 11.5 Å². The Bertz CT molecular complexity index is 1330. The number of alkyl halides is 3. The summed E-state index contributed by atoms with van der Waals surface area (Å²) in [6.07, 6.45) is 0.751. The second-order valence-electron chi connectivity index (χ2n) is 13.1. The average molecular weight is 688 g/mol. The van der Waals surface area contributed by atoms with Crippen molar-refractivity contribution in [2.45, 2.75) is 69.4 Å². The Hall–Kier alpha value is -2.51. The molecule has 0 aliphatic carbocycles. The van der Waals surface area contributed by atoms with Crippen LogP contribution < -0.4 is 25.0 Å². The van der Waals surface area contributed by atoms with Crippen LogP contribution in [0.1, 0.15) is 49.9 Å². The van der Waals surface area contributed by atoms with Gasteiger partial charge in [-0.15, -0.1) is 0 Å². The third kappa shape index (κ3) is 9.31. The van der Waals surface area contributed by atoms with E-state index < -0.39 is 24.2 Å². The van der Waals surface area contributed by atoms with Gasteiger partial charge in [0.05, 0.1) is 15.6 Å². The number of nitrogens with one attached hydrogen (secondary N) is 2. The van der Waals surface area contributed by atoms with E-state index in [4.69, 9.17) is 32.7 Å². The molecule has 2 bridgehead atoms. The lowest BCUT2D eigenvalue weighted by Gasteiger charge is -2.41. The number of rotatable bonds is 12. The van der Waals surface area contributed by atoms with E-state index in [1.807, 2.05) is 19.2 Å². The number of piperazine rings is 1. The second kappa shape index (κ2) is 14.7. The number of carbonyl (C=O) groups is 1. The number of pyridine rings is 1. The average Bonchev–Trinajstić information content (AvgIpc) is 3.27. The van der Waals surface area contributed by atoms with Crippen molar-refractivity contribution in [1.29, 1.82) is 0 Å². The number of benzene rings is 1. The number of halogens is 5. The Balaban J connectivity index is 1.11. The van der Waals surface area contributed by atoms with Crippen LogP contribution in [-0.4, -0.2) is 110 Å². The van der Waals surface area contributed by atoms with Crippen molar-refractivity contribution in [2.75, 3.05) is 64.4 Å². The molecule has 0 radical (unpaired) electrons. The van der Waals surface area contributed by atoms with E-state index in [1.54, 1.807) is 18.2 Å². The van der Waals surface area contributed by atoms with E-state index in [9.17, 15) is 18.0 Å². The lowest BCUT2D eigenvalue weighted by Crippen LogP contribution is -2.52. The SMILES string of the molecule is CN1CCN(CCOc2cc(OC(C)(C)CNC3CC4CCC(C3)N4c3ccc(C(=O)NCC(F)(F)F)cn3)c(Cl)cc2Cl)CC1. The molecule has 0 saturated carbocycles. The van der Waals surface area contributed by atoms with Crippen LogP contribution in [0.25, 0.3) is 0 Å². The van der Waals surface area contributed by atoms with E-state index in [1.165, 1.54) is 12.3 Å². The summed E-state index contributed by atoms with van der Waals surface area (Å²) >= 11 is 13.0. The first-order chi connectivity index (χ1) is 21.8. The molecule has 2 aromatic rings. The molecule has 5 rings (SSSR count). The fraction of sp³-hybridized carbons (Fsp3) is 0.625. The van der Waals surface area contributed by atoms with Crippen molar-refractivity contribution in [3.8, 4) is 11.5 Å². The zero-order valence-corrected chi connectivity index (χ0v) is 28.0. The third-order valence-electron chi connectivity index (χ3n) is 8.91. The van der Waals surface area contributed by atoms with Gasteiger partial charge < -0.3 is 29.9 Å². The molecule has 4 heterocycles. The van der Waals surface area contributed by atoms with Crippen LogP contribution in [0, 0.1) is 0 Å². The minimum Gasteiger partial charge on any atom is -0.491 e. The molecular formula is C32H43Cl2F3N6O3. The molecule has 1 amide bonds. The topological polar surface area (TPSA) is 82.2 Å². The number of amides is 1. The zero-order valence-electron chi connectivity index (χ0n) is 26.5. The van der Waals surface area contributed by atoms with Gasteiger partial charge in [0.15, 0.2) is 0 Å². The number of carbonyl (C=O) groups excluding carboxylic acids is 1. The molecule has 46 heavy (non-hydrogen) atoms. The molecule has 254 valence electrons. The number of likely N-dealkylation sites (N-methyl/N-ethyl adjacent to an activating group) is 1. The highest BCUT2D eigenvalue weighted by Crippen LogP contribution is 2.40. The summed E-state index contributed by atoms with van der Waals surface area (Å²) in [4.78, 5) is 23.5. The van der Waals surface area contributed by atoms with Gasteiger partial charge in [-0.05, 0) is 64.8 Å². The van der Waals surface area contributed by atoms with Gasteiger partial charge in [0.25, 0.3) is 5.91 Å². The molecule has 2 unspecified atom stereocenters. The first-order valence-electron chi connectivity index (χ1n) is 15.8. The fourth-order valence-corrected chi connectivity index (χ4v) is 6.93. The Morgan fingerprint density at radius 2 is 1.67 bits per heavy atom. The van der Waals surface area contributed by atoms with Gasteiger partial charge in [0.2, 0.25) is 0 Å². The smallest absolute Gasteiger partial charge is 0.405 e. The number of piperidine rings is 1. The molecule has 2 N–H and O–H groups in total. The van der Waals surface area contributed by atoms with Crippen LogP contribution in [0.4, 0.5) is 19.0 Å². The molecule has 3 fully saturated rings. The first kappa shape index (κ1) is 34.8. The predicted octanol–water partition coefficient (Wildman–Crippen LogP) is 5.25. The number of hydrogen-bond donors (Lipinski definition) is 2. The van der Waals surface area contributed by atoms with Crippen molar-refractivity contribution >= 4 is 34.9 Å². The largest absolute Gasteiger partial charge is 0.491 e. The lowest BCUT2D eigenvalue weighted by atomic mass is 9.96. The summed E-state index contributed by atoms with van der Waals surface area (Å²) in [6.45, 7) is 8.73. The summed E-state index contributed by atoms with van der Waals surface area (Å²) in [5.74, 6) is 1.01. The minimum atomic E-state index is -4.46. The van der Waals surface area contributed by atoms with Crippen LogP contribution in [0.15, 0.2) is 30.5 Å². The standard InChI is InChI=1S/C32H43Cl2F3N6O3/c1-31(2,46-28-17-27(25(33)16-26(28)34)45-13-12-42-10-8-41(3)9-11-42)19-39-22-14-23-5-6-24(15-22)43(23)29-7-4-21(18-38-29)30(44)40-20-32(35,36)37/h4,7,16-18,22-24,39H,5-6,8-15,19-20H2,1-3H3,(H,40,44). The maximum Gasteiger partial charge on any atom is 0.405 e. The lowest BCUT2D eigenvalue weighted by molar-refractivity contribution is -0.123. The Morgan fingerprint density at radius 3 is 2.30 bits per heavy atom. The molecule has 3 aliphatic rings. The number of ether oxygens (including phenoxy) is 2. The number of anilines is 1. The minimum absolute atomic E-state index is 0.101. The Kier molecular flexibility index (Phi) is 11.1. The van der Waals surface area contributed by atoms with Crippen LogP contribution in [-0.2, 0) is 0 Å². The molecule has 1 aromatic heterocycles. The monoisotopic (exact) mass is 686 g/mol. The molecule has 0 spiro atoms. The van der Waals surface area contributed by atoms with Crippen molar-refractivity contribution in [3.05, 3.63) is 46.1 Å². The summed E-state index contributed by atoms with van der Waals surface area (Å²) in [5, 5.41) is 6.45. The van der Waals surface area contributed by atoms with Gasteiger partial charge in [-0.2, -0.15) is 13.2 Å². The van der Waals surface area contributed by atoms with E-state index >= 15 is 0 Å². The Labute approximate surface area is 278 Å². The number of hydrogen-bond acceptors (Lipinski definition) is 8. The zero-order chi connectivity index (χ0) is 33.1. The predicted molar refractivity (Wildman–Crippen MR) is 174 cm³/mol. The molecule has 2 atom stereocenters. The summed E-state index contributed by atoms with van der Waals surface area (Å²) in [5.41, 5.74) is -0.473. The van der Waals surface area contributed by atoms with Gasteiger partial charge in [0, 0.05) is 69.7 Å². The molecule has 14 heteroatoms. The fourth-order valence-electron chi connectivity index (χ4n) is 6.45. The van der Waals surface area contributed by atoms with Gasteiger partial charge in [-0.1, -0.05) is 23.2 Å². The van der Waals surface area contributed by atoms with Gasteiger partial charge in [0.1, 0.15) is 36.1 Å². The quantitative estimate of drug-likeness (QED) is 0.313. The van der Waals surface area contributed by atoms with Crippen molar-refractivity contribution in [1.82, 2.24) is 25.4 Å². The van der Waals surface area contributed by atoms with Gasteiger partial charge >= 0.3 is 6.18 Å². The first-order valence-corrected chi connectivity index (χ1v) is 16.6. The van der Waals surface area contributed by atoms with Gasteiger partial charge in [-0.25, -0.2) is 4.98 Å². The third-order valence-corrected chi connectivity index (χ3v) is 9.50. The summed E-state index contributed by atoms with van der Waals surface area (Å²) in [7, 11) is 2.13. The van der Waals surface area contributed by atoms with Crippen LogP contribution >= 0.6 is 23.2 Å². The summed E-state index contributed by atoms with van der Waals surface area (Å²) < 4.78 is 49.8. The highest BCUT2D eigenvalue weighted by molar-refractivity contribution is 6.36. The van der Waals surface area contributed by atoms with Crippen molar-refractivity contribution in [3.63, 3.8) is 0 Å². The van der Waals surface area contributed by atoms with E-state index in [2.05, 4.69) is 32.0 Å². The van der Waals surface area contributed by atoms with E-state index in [-0.39, 0.29) is 23.7 Å². The van der Waals surface area contributed by atoms with E-state index in [0.717, 1.165) is 64.2 Å². The maximum atomic E-state index is 12.5. The van der Waals surface area contributed by atoms with Crippen LogP contribution in [0.3, 0.4) is 0 Å². The van der Waals surface area contributed by atoms with Crippen LogP contribution in [0.2, 0.25) is 10.0 Å². The van der Waals surface area contributed by atoms with E-state index in [0.29, 0.717) is 34.7 Å².